The van der Waals surface area contributed by atoms with Gasteiger partial charge in [0.05, 0.1) is 31.6 Å². The smallest absolute Gasteiger partial charge is 0.337 e. The molecule has 0 bridgehead atoms. The van der Waals surface area contributed by atoms with Crippen LogP contribution in [-0.2, 0) is 11.4 Å². The van der Waals surface area contributed by atoms with Gasteiger partial charge in [0.1, 0.15) is 12.4 Å². The fourth-order valence-electron chi connectivity index (χ4n) is 4.29. The minimum Gasteiger partial charge on any atom is -0.507 e. The second-order valence-electron chi connectivity index (χ2n) is 8.13. The molecule has 1 aliphatic heterocycles. The van der Waals surface area contributed by atoms with Crippen molar-refractivity contribution in [3.63, 3.8) is 0 Å². The number of hydrogen-bond acceptors (Lipinski definition) is 8. The Hall–Kier alpha value is -4.92. The molecule has 0 amide bonds. The molecule has 0 radical (unpaired) electrons. The number of carboxylic acids is 1. The Morgan fingerprint density at radius 1 is 0.973 bits per heavy atom. The maximum absolute atomic E-state index is 12.7. The number of ether oxygens (including phenoxy) is 4. The van der Waals surface area contributed by atoms with Crippen molar-refractivity contribution in [2.45, 2.75) is 6.61 Å². The quantitative estimate of drug-likeness (QED) is 0.250. The van der Waals surface area contributed by atoms with E-state index >= 15 is 0 Å². The number of carboxylic acid groups (broad SMARTS) is 1. The number of fused-ring (bicyclic) bond motifs is 2. The first kappa shape index (κ1) is 23.8. The molecule has 0 aromatic heterocycles. The van der Waals surface area contributed by atoms with Gasteiger partial charge < -0.3 is 34.0 Å². The van der Waals surface area contributed by atoms with Crippen LogP contribution in [0.3, 0.4) is 0 Å². The lowest BCUT2D eigenvalue weighted by Crippen LogP contribution is -2.07. The first-order valence-corrected chi connectivity index (χ1v) is 11.3. The van der Waals surface area contributed by atoms with Crippen LogP contribution in [0.4, 0.5) is 0 Å². The Labute approximate surface area is 212 Å². The molecule has 1 aliphatic rings. The highest BCUT2D eigenvalue weighted by Gasteiger charge is 2.27. The molecule has 0 fully saturated rings. The molecule has 4 aromatic rings. The Bertz CT molecular complexity index is 1510. The molecule has 0 saturated heterocycles. The zero-order valence-corrected chi connectivity index (χ0v) is 20.1. The van der Waals surface area contributed by atoms with E-state index in [9.17, 15) is 15.0 Å². The highest BCUT2D eigenvalue weighted by atomic mass is 16.7. The number of aromatic hydroxyl groups is 1. The lowest BCUT2D eigenvalue weighted by molar-refractivity contribution is 0.0697. The number of phenolic OH excluding ortho intramolecular Hbond substituents is 1. The zero-order valence-electron chi connectivity index (χ0n) is 20.1. The predicted molar refractivity (Wildman–Crippen MR) is 136 cm³/mol. The molecular weight excluding hydrogens is 478 g/mol. The number of oxime groups is 1. The summed E-state index contributed by atoms with van der Waals surface area (Å²) in [4.78, 5) is 18.0. The number of hydrogen-bond donors (Lipinski definition) is 2. The third-order valence-electron chi connectivity index (χ3n) is 6.03. The van der Waals surface area contributed by atoms with Gasteiger partial charge in [-0.05, 0) is 40.8 Å². The minimum absolute atomic E-state index is 0.0204. The summed E-state index contributed by atoms with van der Waals surface area (Å²) in [5.74, 6) is 0.235. The molecular formula is C28H23NO8. The van der Waals surface area contributed by atoms with Gasteiger partial charge in [-0.1, -0.05) is 41.6 Å². The minimum atomic E-state index is -1.26. The Kier molecular flexibility index (Phi) is 6.42. The molecule has 0 saturated carbocycles. The van der Waals surface area contributed by atoms with Gasteiger partial charge in [-0.2, -0.15) is 0 Å². The number of benzene rings is 4. The van der Waals surface area contributed by atoms with Crippen LogP contribution in [0.15, 0.2) is 65.8 Å². The van der Waals surface area contributed by atoms with Gasteiger partial charge in [0.15, 0.2) is 23.0 Å². The monoisotopic (exact) mass is 501 g/mol. The molecule has 5 rings (SSSR count). The summed E-state index contributed by atoms with van der Waals surface area (Å²) < 4.78 is 21.8. The molecule has 188 valence electrons. The second kappa shape index (κ2) is 9.98. The van der Waals surface area contributed by atoms with Gasteiger partial charge in [-0.3, -0.25) is 0 Å². The largest absolute Gasteiger partial charge is 0.507 e. The summed E-state index contributed by atoms with van der Waals surface area (Å²) >= 11 is 0. The van der Waals surface area contributed by atoms with Gasteiger partial charge in [0.2, 0.25) is 6.79 Å². The highest BCUT2D eigenvalue weighted by molar-refractivity contribution is 6.16. The predicted octanol–water partition coefficient (Wildman–Crippen LogP) is 5.21. The SMILES string of the molecule is COc1cc2c(O)c(/C=N/OCc3ccccc3)c(C(=O)O)c(-c3ccc4c(c3)OCO4)c2cc1OC. The number of phenols is 1. The maximum atomic E-state index is 12.7. The summed E-state index contributed by atoms with van der Waals surface area (Å²) in [6, 6.07) is 17.8. The van der Waals surface area contributed by atoms with Gasteiger partial charge in [0, 0.05) is 10.9 Å². The van der Waals surface area contributed by atoms with Crippen molar-refractivity contribution >= 4 is 23.0 Å². The van der Waals surface area contributed by atoms with E-state index in [-0.39, 0.29) is 30.3 Å². The second-order valence-corrected chi connectivity index (χ2v) is 8.13. The van der Waals surface area contributed by atoms with Crippen LogP contribution in [0.25, 0.3) is 21.9 Å². The third-order valence-corrected chi connectivity index (χ3v) is 6.03. The Morgan fingerprint density at radius 2 is 1.68 bits per heavy atom. The number of carbonyl (C=O) groups is 1. The van der Waals surface area contributed by atoms with Crippen molar-refractivity contribution in [1.29, 1.82) is 0 Å². The maximum Gasteiger partial charge on any atom is 0.337 e. The number of methoxy groups -OCH3 is 2. The summed E-state index contributed by atoms with van der Waals surface area (Å²) in [5, 5.41) is 26.3. The fourth-order valence-corrected chi connectivity index (χ4v) is 4.29. The molecule has 2 N–H and O–H groups in total. The average Bonchev–Trinajstić information content (AvgIpc) is 3.39. The van der Waals surface area contributed by atoms with Gasteiger partial charge >= 0.3 is 5.97 Å². The fraction of sp³-hybridized carbons (Fsp3) is 0.143. The molecule has 4 aromatic carbocycles. The standard InChI is InChI=1S/C28H23NO8/c1-33-22-11-18-19(12-23(22)34-2)27(30)20(13-29-37-14-16-6-4-3-5-7-16)26(28(31)32)25(18)17-8-9-21-24(10-17)36-15-35-21/h3-13,30H,14-15H2,1-2H3,(H,31,32)/b29-13+. The van der Waals surface area contributed by atoms with Crippen LogP contribution in [0, 0.1) is 0 Å². The van der Waals surface area contributed by atoms with E-state index in [1.807, 2.05) is 30.3 Å². The first-order chi connectivity index (χ1) is 18.0. The van der Waals surface area contributed by atoms with E-state index in [1.165, 1.54) is 20.4 Å². The van der Waals surface area contributed by atoms with Crippen LogP contribution in [0.5, 0.6) is 28.7 Å². The molecule has 0 spiro atoms. The van der Waals surface area contributed by atoms with Crippen LogP contribution >= 0.6 is 0 Å². The normalized spacial score (nSPS) is 12.2. The van der Waals surface area contributed by atoms with E-state index in [2.05, 4.69) is 5.16 Å². The van der Waals surface area contributed by atoms with Crippen molar-refractivity contribution in [3.05, 3.63) is 77.4 Å². The van der Waals surface area contributed by atoms with Crippen LogP contribution < -0.4 is 18.9 Å². The van der Waals surface area contributed by atoms with Gasteiger partial charge in [-0.25, -0.2) is 4.79 Å². The number of aromatic carboxylic acids is 1. The van der Waals surface area contributed by atoms with Crippen molar-refractivity contribution in [2.75, 3.05) is 21.0 Å². The molecule has 37 heavy (non-hydrogen) atoms. The van der Waals surface area contributed by atoms with Crippen molar-refractivity contribution in [2.24, 2.45) is 5.16 Å². The Balaban J connectivity index is 1.72. The molecule has 0 atom stereocenters. The molecule has 9 nitrogen and oxygen atoms in total. The van der Waals surface area contributed by atoms with Crippen LogP contribution in [0.2, 0.25) is 0 Å². The van der Waals surface area contributed by atoms with Crippen molar-refractivity contribution in [3.8, 4) is 39.9 Å². The molecule has 0 aliphatic carbocycles. The number of rotatable bonds is 8. The van der Waals surface area contributed by atoms with Crippen molar-refractivity contribution < 1.29 is 38.8 Å². The van der Waals surface area contributed by atoms with Crippen molar-refractivity contribution in [1.82, 2.24) is 0 Å². The van der Waals surface area contributed by atoms with E-state index in [4.69, 9.17) is 23.8 Å². The first-order valence-electron chi connectivity index (χ1n) is 11.3. The molecule has 9 heteroatoms. The summed E-state index contributed by atoms with van der Waals surface area (Å²) in [6.45, 7) is 0.247. The zero-order chi connectivity index (χ0) is 25.9. The summed E-state index contributed by atoms with van der Waals surface area (Å²) in [5.41, 5.74) is 1.58. The highest BCUT2D eigenvalue weighted by Crippen LogP contribution is 2.46. The van der Waals surface area contributed by atoms with Crippen LogP contribution in [-0.4, -0.2) is 43.4 Å². The average molecular weight is 501 g/mol. The van der Waals surface area contributed by atoms with E-state index in [1.54, 1.807) is 30.3 Å². The summed E-state index contributed by atoms with van der Waals surface area (Å²) in [6.07, 6.45) is 1.20. The van der Waals surface area contributed by atoms with Gasteiger partial charge in [0.25, 0.3) is 0 Å². The Morgan fingerprint density at radius 3 is 2.38 bits per heavy atom. The van der Waals surface area contributed by atoms with Crippen LogP contribution in [0.1, 0.15) is 21.5 Å². The number of nitrogens with zero attached hydrogens (tertiary/aromatic N) is 1. The lowest BCUT2D eigenvalue weighted by atomic mass is 9.88. The lowest BCUT2D eigenvalue weighted by Gasteiger charge is -2.18. The van der Waals surface area contributed by atoms with E-state index < -0.39 is 5.97 Å². The van der Waals surface area contributed by atoms with E-state index in [0.29, 0.717) is 44.9 Å². The third kappa shape index (κ3) is 4.42. The van der Waals surface area contributed by atoms with Gasteiger partial charge in [-0.15, -0.1) is 0 Å². The topological polar surface area (TPSA) is 116 Å². The summed E-state index contributed by atoms with van der Waals surface area (Å²) in [7, 11) is 2.96. The van der Waals surface area contributed by atoms with E-state index in [0.717, 1.165) is 5.56 Å². The molecule has 1 heterocycles. The molecule has 0 unspecified atom stereocenters.